The maximum atomic E-state index is 15.4. The molecule has 43 nitrogen and oxygen atoms in total. The largest absolute Gasteiger partial charge is 0.508 e. The number of carboxylic acid groups (broad SMARTS) is 6. The first-order valence-electron chi connectivity index (χ1n) is 39.0. The molecule has 0 radical (unpaired) electrons. The van der Waals surface area contributed by atoms with E-state index >= 15 is 14.4 Å². The number of aliphatic carboxylic acids is 6. The average molecular weight is 1720 g/mol. The molecular weight excluding hydrogens is 1610 g/mol. The van der Waals surface area contributed by atoms with Crippen LogP contribution in [0.4, 0.5) is 5.69 Å². The number of aromatic hydroxyl groups is 1. The van der Waals surface area contributed by atoms with Crippen LogP contribution in [0.5, 0.6) is 5.75 Å². The third kappa shape index (κ3) is 30.0. The van der Waals surface area contributed by atoms with Gasteiger partial charge in [-0.2, -0.15) is 0 Å². The number of likely N-dealkylation sites (tertiary alicyclic amines) is 1. The van der Waals surface area contributed by atoms with Crippen molar-refractivity contribution in [3.05, 3.63) is 89.5 Å². The Labute approximate surface area is 692 Å². The van der Waals surface area contributed by atoms with E-state index in [-0.39, 0.29) is 50.2 Å². The van der Waals surface area contributed by atoms with Gasteiger partial charge in [0.25, 0.3) is 5.91 Å². The fourth-order valence-corrected chi connectivity index (χ4v) is 15.2. The lowest BCUT2D eigenvalue weighted by Crippen LogP contribution is -2.68. The van der Waals surface area contributed by atoms with Gasteiger partial charge in [-0.1, -0.05) is 70.5 Å². The minimum atomic E-state index is -5.36. The van der Waals surface area contributed by atoms with Gasteiger partial charge in [-0.15, -0.1) is 0 Å². The Morgan fingerprint density at radius 1 is 0.537 bits per heavy atom. The molecule has 2 bridgehead atoms. The number of phenols is 1. The number of carboxylic acids is 6. The van der Waals surface area contributed by atoms with Crippen molar-refractivity contribution in [2.75, 3.05) is 18.4 Å². The number of fused-ring (bicyclic) bond motifs is 3. The number of guanidine groups is 1. The molecule has 3 heterocycles. The lowest BCUT2D eigenvalue weighted by molar-refractivity contribution is -0.157. The minimum absolute atomic E-state index is 0.0613. The van der Waals surface area contributed by atoms with E-state index in [1.165, 1.54) is 29.2 Å². The van der Waals surface area contributed by atoms with Crippen molar-refractivity contribution in [2.24, 2.45) is 23.5 Å². The molecule has 121 heavy (non-hydrogen) atoms. The number of carbonyl (C=O) groups excluding carboxylic acids is 12. The molecule has 3 saturated heterocycles. The molecule has 1 saturated carbocycles. The van der Waals surface area contributed by atoms with Crippen LogP contribution in [-0.4, -0.2) is 254 Å². The van der Waals surface area contributed by atoms with Gasteiger partial charge in [0.15, 0.2) is 5.96 Å². The molecule has 44 heteroatoms. The van der Waals surface area contributed by atoms with E-state index in [2.05, 4.69) is 58.5 Å². The molecule has 4 aliphatic rings. The second kappa shape index (κ2) is 45.5. The summed E-state index contributed by atoms with van der Waals surface area (Å²) in [5.41, 5.74) is 5.80. The number of piperidine rings is 2. The summed E-state index contributed by atoms with van der Waals surface area (Å²) in [6, 6.07) is -3.80. The topological polar surface area (TPSA) is 695 Å². The Balaban J connectivity index is 1.24. The smallest absolute Gasteiger partial charge is 0.356 e. The molecule has 12 amide bonds. The summed E-state index contributed by atoms with van der Waals surface area (Å²) in [4.78, 5) is 269. The van der Waals surface area contributed by atoms with Crippen molar-refractivity contribution in [3.8, 4) is 5.75 Å². The molecule has 23 N–H and O–H groups in total. The maximum Gasteiger partial charge on any atom is 0.356 e. The number of benzene rings is 3. The summed E-state index contributed by atoms with van der Waals surface area (Å²) in [7, 11) is -5.36. The van der Waals surface area contributed by atoms with E-state index in [9.17, 15) is 122 Å². The number of carbonyl (C=O) groups is 18. The van der Waals surface area contributed by atoms with Crippen LogP contribution in [0.2, 0.25) is 0 Å². The number of hydrogen-bond acceptors (Lipinski definition) is 21. The van der Waals surface area contributed by atoms with Gasteiger partial charge in [0.05, 0.1) is 18.3 Å². The number of nitrogens with zero attached hydrogens (tertiary/aromatic N) is 2. The van der Waals surface area contributed by atoms with E-state index in [0.717, 1.165) is 17.0 Å². The first kappa shape index (κ1) is 97.2. The van der Waals surface area contributed by atoms with E-state index in [1.807, 2.05) is 0 Å². The molecule has 1 aliphatic carbocycles. The third-order valence-corrected chi connectivity index (χ3v) is 21.7. The molecule has 3 aromatic carbocycles. The van der Waals surface area contributed by atoms with Crippen molar-refractivity contribution in [2.45, 2.75) is 222 Å². The maximum absolute atomic E-state index is 15.4. The summed E-state index contributed by atoms with van der Waals surface area (Å²) < 4.78 is 12.8. The molecule has 4 fully saturated rings. The minimum Gasteiger partial charge on any atom is -0.508 e. The van der Waals surface area contributed by atoms with Gasteiger partial charge in [-0.25, -0.2) is 4.79 Å². The molecule has 3 aliphatic heterocycles. The highest BCUT2D eigenvalue weighted by molar-refractivity contribution is 7.60. The van der Waals surface area contributed by atoms with Crippen LogP contribution in [0.3, 0.4) is 0 Å². The Hall–Kier alpha value is -12.7. The molecule has 3 aromatic rings. The second-order valence-corrected chi connectivity index (χ2v) is 31.8. The highest BCUT2D eigenvalue weighted by Gasteiger charge is 2.51. The fraction of sp³-hybridized carbons (Fsp3) is 0.519. The second-order valence-electron chi connectivity index (χ2n) is 30.2. The third-order valence-electron chi connectivity index (χ3n) is 20.7. The molecule has 12 atom stereocenters. The van der Waals surface area contributed by atoms with Gasteiger partial charge < -0.3 is 120 Å². The zero-order chi connectivity index (χ0) is 89.9. The number of anilines is 1. The summed E-state index contributed by atoms with van der Waals surface area (Å²) in [5.74, 6) is -25.0. The Morgan fingerprint density at radius 2 is 1.03 bits per heavy atom. The summed E-state index contributed by atoms with van der Waals surface area (Å²) in [5, 5.41) is 102. The predicted molar refractivity (Wildman–Crippen MR) is 423 cm³/mol. The molecule has 660 valence electrons. The number of phenolic OH excluding ortho intramolecular Hbond substituents is 1. The zero-order valence-corrected chi connectivity index (χ0v) is 67.5. The van der Waals surface area contributed by atoms with Gasteiger partial charge in [-0.05, 0) is 136 Å². The first-order chi connectivity index (χ1) is 56.9. The van der Waals surface area contributed by atoms with Crippen LogP contribution in [0.15, 0.2) is 72.8 Å². The van der Waals surface area contributed by atoms with Crippen molar-refractivity contribution < 1.29 is 136 Å². The lowest BCUT2D eigenvalue weighted by Gasteiger charge is -2.51. The summed E-state index contributed by atoms with van der Waals surface area (Å²) >= 11 is 0. The highest BCUT2D eigenvalue weighted by atomic mass is 31.2. The molecule has 7 rings (SSSR count). The lowest BCUT2D eigenvalue weighted by atomic mass is 9.73. The number of amides is 12. The van der Waals surface area contributed by atoms with Gasteiger partial charge in [-0.3, -0.25) is 91.5 Å². The summed E-state index contributed by atoms with van der Waals surface area (Å²) in [6.45, 7) is 5.53. The summed E-state index contributed by atoms with van der Waals surface area (Å²) in [6.07, 6.45) is -6.92. The van der Waals surface area contributed by atoms with E-state index in [1.54, 1.807) is 58.0 Å². The average Bonchev–Trinajstić information content (AvgIpc) is 0.982. The van der Waals surface area contributed by atoms with Crippen LogP contribution in [0.1, 0.15) is 158 Å². The van der Waals surface area contributed by atoms with Gasteiger partial charge in [0.2, 0.25) is 65.0 Å². The van der Waals surface area contributed by atoms with E-state index in [4.69, 9.17) is 11.1 Å². The Bertz CT molecular complexity index is 4390. The first-order valence-corrected chi connectivity index (χ1v) is 40.6. The van der Waals surface area contributed by atoms with Crippen LogP contribution in [0, 0.1) is 23.2 Å². The van der Waals surface area contributed by atoms with Crippen molar-refractivity contribution in [3.63, 3.8) is 0 Å². The molecule has 1 unspecified atom stereocenters. The Kier molecular flexibility index (Phi) is 36.5. The number of nitrogens with two attached hydrogens (primary N) is 1. The Morgan fingerprint density at radius 3 is 1.56 bits per heavy atom. The van der Waals surface area contributed by atoms with Crippen molar-refractivity contribution in [1.82, 2.24) is 63.0 Å². The molecular formula is C77H104N15O28P. The van der Waals surface area contributed by atoms with Crippen LogP contribution >= 0.6 is 7.60 Å². The van der Waals surface area contributed by atoms with Crippen LogP contribution < -0.4 is 69.5 Å². The molecule has 0 aromatic heterocycles. The van der Waals surface area contributed by atoms with Gasteiger partial charge >= 0.3 is 43.4 Å². The van der Waals surface area contributed by atoms with Crippen LogP contribution in [0.25, 0.3) is 0 Å². The van der Waals surface area contributed by atoms with E-state index < -0.39 is 292 Å². The van der Waals surface area contributed by atoms with Crippen molar-refractivity contribution >= 4 is 131 Å². The molecule has 0 spiro atoms. The quantitative estimate of drug-likeness (QED) is 0.0164. The van der Waals surface area contributed by atoms with Crippen LogP contribution in [-0.2, 0) is 98.9 Å². The normalized spacial score (nSPS) is 17.9. The van der Waals surface area contributed by atoms with E-state index in [0.29, 0.717) is 43.0 Å². The SMILES string of the molecule is CC[C@H](C)[C@H](NC(=O)C1C2CCC(CC2)N1C(=O)[C@H](CCC(=O)O)NC(=O)[C@H](Cc1ccccc1)NC(=O)[C@H](CC(=O)O)NC(=O)CNC(=O)c1ccc(NC(=N)N)cc1)C(=O)N1CCC[C@H]1C(=O)N[C@@H](CCC(=O)O)C(=O)N[C@@H](CCC(=O)O)C(=O)N[C@@H](Cc1ccc(O)cc1P(=O)(O)O)C(=O)N[C@@H](CC(C)C)C(=O)N[C@H](CCC(=O)O)C(=O)O. The standard InChI is InChI=1S/C77H104N15O28P/c1-5-39(4)63(90-73(113)64-41-15-20-45(21-16-41)92(64)74(114)49(25-29-60(99)100)85-69(109)52(33-40-10-7-6-8-11-40)88-71(111)54(36-62(103)104)82-57(94)37-80-65(105)42-13-18-44(19-14-42)81-77(78)79)75(115)91-31-9-12-55(91)72(112)84-48(24-28-59(97)98)66(106)83-47(23-27-58(95)96)67(107)89-53(34-43-17-22-46(93)35-56(43)121(118,119)120)70(110)87-51(32-38(2)3)68(108)86-50(76(116)117)26-30-61(101)102/h6-8,10-11,13-14,17-19,22,35,38-39,41,45,47-55,63-64,93H,5,9,12,15-16,20-21,23-34,36-37H2,1-4H3,(H,80,105)(H,82,94)(H,83,106)(H,84,112)(H,85,109)(H,86,108)(H,87,110)(H,88,111)(H,89,107)(H,90,113)(H,95,96)(H,97,98)(H,99,100)(H,101,102)(H,103,104)(H,116,117)(H4,78,79,81)(H2,118,119,120)/t39-,41?,45?,47-,48-,49-,50+,51-,52-,53-,54-,55-,63-,64?/m0/s1. The number of nitrogens with one attached hydrogen (secondary N) is 12. The zero-order valence-electron chi connectivity index (χ0n) is 66.6. The number of hydrogen-bond donors (Lipinski definition) is 22. The monoisotopic (exact) mass is 1720 g/mol. The number of rotatable bonds is 47. The van der Waals surface area contributed by atoms with Gasteiger partial charge in [0.1, 0.15) is 72.2 Å². The fourth-order valence-electron chi connectivity index (χ4n) is 14.4. The highest BCUT2D eigenvalue weighted by Crippen LogP contribution is 2.41. The van der Waals surface area contributed by atoms with Gasteiger partial charge in [0, 0.05) is 62.4 Å². The predicted octanol–water partition coefficient (Wildman–Crippen LogP) is -2.05. The van der Waals surface area contributed by atoms with Crippen molar-refractivity contribution in [1.29, 1.82) is 5.41 Å².